The number of carboxylic acids is 1. The first kappa shape index (κ1) is 25.4. The quantitative estimate of drug-likeness (QED) is 0.462. The zero-order chi connectivity index (χ0) is 26.0. The summed E-state index contributed by atoms with van der Waals surface area (Å²) < 4.78 is 0. The summed E-state index contributed by atoms with van der Waals surface area (Å²) >= 11 is 0. The highest BCUT2D eigenvalue weighted by Gasteiger charge is 2.70. The lowest BCUT2D eigenvalue weighted by Gasteiger charge is -2.70. The maximum atomic E-state index is 14.2. The average Bonchev–Trinajstić information content (AvgIpc) is 2.74. The van der Waals surface area contributed by atoms with Gasteiger partial charge in [-0.2, -0.15) is 0 Å². The van der Waals surface area contributed by atoms with Crippen LogP contribution in [0.1, 0.15) is 99.8 Å². The summed E-state index contributed by atoms with van der Waals surface area (Å²) in [5.41, 5.74) is -0.977. The predicted octanol–water partition coefficient (Wildman–Crippen LogP) is 5.38. The van der Waals surface area contributed by atoms with Crippen molar-refractivity contribution in [2.45, 2.75) is 112 Å². The van der Waals surface area contributed by atoms with Gasteiger partial charge in [-0.15, -0.1) is 0 Å². The molecule has 4 fully saturated rings. The Bertz CT molecular complexity index is 999. The van der Waals surface area contributed by atoms with Crippen molar-refractivity contribution in [2.75, 3.05) is 0 Å². The predicted molar refractivity (Wildman–Crippen MR) is 134 cm³/mol. The number of carbonyl (C=O) groups is 2. The lowest BCUT2D eigenvalue weighted by molar-refractivity contribution is -0.205. The summed E-state index contributed by atoms with van der Waals surface area (Å²) in [7, 11) is 0. The van der Waals surface area contributed by atoms with Crippen LogP contribution in [-0.2, 0) is 9.59 Å². The summed E-state index contributed by atoms with van der Waals surface area (Å²) in [6.45, 7) is 15.3. The molecule has 0 aromatic rings. The molecule has 0 aliphatic heterocycles. The second-order valence-electron chi connectivity index (χ2n) is 15.0. The first-order valence-electron chi connectivity index (χ1n) is 13.8. The Morgan fingerprint density at radius 3 is 2.17 bits per heavy atom. The number of rotatable bonds is 1. The summed E-state index contributed by atoms with van der Waals surface area (Å²) in [6, 6.07) is 0. The summed E-state index contributed by atoms with van der Waals surface area (Å²) in [5, 5.41) is 31.8. The number of aliphatic carboxylic acids is 1. The molecule has 0 heterocycles. The van der Waals surface area contributed by atoms with E-state index in [0.29, 0.717) is 18.8 Å². The molecule has 0 radical (unpaired) electrons. The van der Waals surface area contributed by atoms with Crippen molar-refractivity contribution < 1.29 is 24.9 Å². The number of hydrogen-bond acceptors (Lipinski definition) is 4. The Balaban J connectivity index is 1.63. The smallest absolute Gasteiger partial charge is 0.312 e. The van der Waals surface area contributed by atoms with E-state index in [1.807, 2.05) is 6.08 Å². The van der Waals surface area contributed by atoms with Crippen molar-refractivity contribution in [1.82, 2.24) is 0 Å². The standard InChI is InChI=1S/C30H46O5/c1-25(2)20-8-11-30(7)23(27(20,4)10-9-21(25)32)19(31)14-17-18-15-28(5,24(34)35)22(33)16-26(18,3)12-13-29(17,30)6/h14,18,20-23,32-33H,8-13,15-16H2,1-7H3,(H,34,35). The van der Waals surface area contributed by atoms with Gasteiger partial charge in [-0.1, -0.05) is 47.1 Å². The number of carboxylic acid groups (broad SMARTS) is 1. The Hall–Kier alpha value is -1.20. The lowest BCUT2D eigenvalue weighted by Crippen LogP contribution is -2.67. The van der Waals surface area contributed by atoms with E-state index in [-0.39, 0.29) is 50.8 Å². The molecule has 10 unspecified atom stereocenters. The highest BCUT2D eigenvalue weighted by Crippen LogP contribution is 2.75. The van der Waals surface area contributed by atoms with Gasteiger partial charge in [-0.25, -0.2) is 0 Å². The van der Waals surface area contributed by atoms with Crippen LogP contribution in [0, 0.1) is 50.2 Å². The van der Waals surface area contributed by atoms with E-state index in [9.17, 15) is 24.9 Å². The third-order valence-electron chi connectivity index (χ3n) is 13.2. The van der Waals surface area contributed by atoms with E-state index in [1.165, 1.54) is 0 Å². The van der Waals surface area contributed by atoms with Crippen LogP contribution in [-0.4, -0.2) is 39.3 Å². The molecule has 10 atom stereocenters. The van der Waals surface area contributed by atoms with Gasteiger partial charge in [0.25, 0.3) is 0 Å². The molecule has 196 valence electrons. The number of allylic oxidation sites excluding steroid dienone is 2. The molecule has 5 aliphatic rings. The summed E-state index contributed by atoms with van der Waals surface area (Å²) in [4.78, 5) is 26.5. The summed E-state index contributed by atoms with van der Waals surface area (Å²) in [6.07, 6.45) is 7.08. The van der Waals surface area contributed by atoms with Crippen molar-refractivity contribution in [1.29, 1.82) is 0 Å². The van der Waals surface area contributed by atoms with E-state index in [1.54, 1.807) is 6.92 Å². The van der Waals surface area contributed by atoms with Crippen LogP contribution in [0.5, 0.6) is 0 Å². The molecule has 5 rings (SSSR count). The minimum absolute atomic E-state index is 0.0115. The van der Waals surface area contributed by atoms with Crippen LogP contribution in [0.2, 0.25) is 0 Å². The first-order valence-corrected chi connectivity index (χ1v) is 13.8. The molecular formula is C30H46O5. The van der Waals surface area contributed by atoms with Crippen molar-refractivity contribution >= 4 is 11.8 Å². The normalized spacial score (nSPS) is 55.1. The van der Waals surface area contributed by atoms with E-state index in [0.717, 1.165) is 44.1 Å². The number of carbonyl (C=O) groups excluding carboxylic acids is 1. The molecule has 0 spiro atoms. The Kier molecular flexibility index (Phi) is 5.25. The zero-order valence-electron chi connectivity index (χ0n) is 22.8. The van der Waals surface area contributed by atoms with E-state index < -0.39 is 17.5 Å². The molecule has 5 nitrogen and oxygen atoms in total. The molecule has 0 aromatic heterocycles. The van der Waals surface area contributed by atoms with Gasteiger partial charge in [-0.3, -0.25) is 9.59 Å². The highest BCUT2D eigenvalue weighted by atomic mass is 16.4. The Morgan fingerprint density at radius 1 is 0.886 bits per heavy atom. The molecular weight excluding hydrogens is 440 g/mol. The topological polar surface area (TPSA) is 94.8 Å². The SMILES string of the molecule is CC12CCC3(C)C(=CC(=O)C4C5(C)CCC(O)C(C)(C)C5CCC43C)C1CC(C)(C(=O)O)C(O)C2. The number of fused-ring (bicyclic) bond motifs is 7. The number of aliphatic hydroxyl groups is 2. The largest absolute Gasteiger partial charge is 0.481 e. The molecule has 4 saturated carbocycles. The van der Waals surface area contributed by atoms with Crippen molar-refractivity contribution in [3.05, 3.63) is 11.6 Å². The third-order valence-corrected chi connectivity index (χ3v) is 13.2. The van der Waals surface area contributed by atoms with E-state index >= 15 is 0 Å². The average molecular weight is 487 g/mol. The van der Waals surface area contributed by atoms with Crippen molar-refractivity contribution in [3.63, 3.8) is 0 Å². The van der Waals surface area contributed by atoms with Gasteiger partial charge in [0.2, 0.25) is 0 Å². The fraction of sp³-hybridized carbons (Fsp3) is 0.867. The zero-order valence-corrected chi connectivity index (χ0v) is 22.8. The molecule has 0 bridgehead atoms. The van der Waals surface area contributed by atoms with Crippen molar-refractivity contribution in [2.24, 2.45) is 50.2 Å². The second-order valence-corrected chi connectivity index (χ2v) is 15.0. The molecule has 5 heteroatoms. The highest BCUT2D eigenvalue weighted by molar-refractivity contribution is 5.95. The van der Waals surface area contributed by atoms with Crippen LogP contribution >= 0.6 is 0 Å². The molecule has 5 aliphatic carbocycles. The second kappa shape index (κ2) is 7.22. The van der Waals surface area contributed by atoms with Gasteiger partial charge in [0, 0.05) is 5.92 Å². The molecule has 0 amide bonds. The van der Waals surface area contributed by atoms with Crippen LogP contribution in [0.15, 0.2) is 11.6 Å². The number of hydrogen-bond donors (Lipinski definition) is 3. The monoisotopic (exact) mass is 486 g/mol. The van der Waals surface area contributed by atoms with E-state index in [2.05, 4.69) is 41.5 Å². The summed E-state index contributed by atoms with van der Waals surface area (Å²) in [5.74, 6) is -0.525. The molecule has 0 saturated heterocycles. The fourth-order valence-corrected chi connectivity index (χ4v) is 10.5. The van der Waals surface area contributed by atoms with Gasteiger partial charge < -0.3 is 15.3 Å². The van der Waals surface area contributed by atoms with Crippen molar-refractivity contribution in [3.8, 4) is 0 Å². The third kappa shape index (κ3) is 2.94. The molecule has 35 heavy (non-hydrogen) atoms. The van der Waals surface area contributed by atoms with Gasteiger partial charge in [0.05, 0.1) is 17.6 Å². The van der Waals surface area contributed by atoms with Crippen LogP contribution in [0.4, 0.5) is 0 Å². The molecule has 0 aromatic carbocycles. The Morgan fingerprint density at radius 2 is 1.54 bits per heavy atom. The van der Waals surface area contributed by atoms with Crippen LogP contribution in [0.3, 0.4) is 0 Å². The maximum Gasteiger partial charge on any atom is 0.312 e. The number of aliphatic hydroxyl groups excluding tert-OH is 2. The Labute approximate surface area is 210 Å². The van der Waals surface area contributed by atoms with Crippen LogP contribution < -0.4 is 0 Å². The maximum absolute atomic E-state index is 14.2. The minimum Gasteiger partial charge on any atom is -0.481 e. The first-order chi connectivity index (χ1) is 16.0. The van der Waals surface area contributed by atoms with Gasteiger partial charge in [-0.05, 0) is 103 Å². The van der Waals surface area contributed by atoms with Gasteiger partial charge in [0.15, 0.2) is 5.78 Å². The van der Waals surface area contributed by atoms with Gasteiger partial charge >= 0.3 is 5.97 Å². The fourth-order valence-electron chi connectivity index (χ4n) is 10.5. The molecule has 3 N–H and O–H groups in total. The minimum atomic E-state index is -1.20. The lowest BCUT2D eigenvalue weighted by atomic mass is 9.33. The van der Waals surface area contributed by atoms with Crippen LogP contribution in [0.25, 0.3) is 0 Å². The van der Waals surface area contributed by atoms with Gasteiger partial charge in [0.1, 0.15) is 0 Å². The van der Waals surface area contributed by atoms with E-state index in [4.69, 9.17) is 0 Å². The number of ketones is 1.